The van der Waals surface area contributed by atoms with Crippen LogP contribution in [0.1, 0.15) is 6.92 Å². The van der Waals surface area contributed by atoms with Crippen LogP contribution in [0.25, 0.3) is 0 Å². The van der Waals surface area contributed by atoms with Gasteiger partial charge in [-0.25, -0.2) is 0 Å². The van der Waals surface area contributed by atoms with Gasteiger partial charge in [0.15, 0.2) is 4.75 Å². The van der Waals surface area contributed by atoms with Crippen LogP contribution in [0.5, 0.6) is 11.5 Å². The summed E-state index contributed by atoms with van der Waals surface area (Å²) >= 11 is 1.23. The Kier molecular flexibility index (Phi) is 4.59. The number of hydrogen-bond acceptors (Lipinski definition) is 5. The van der Waals surface area contributed by atoms with Crippen molar-refractivity contribution < 1.29 is 19.1 Å². The number of amides is 2. The normalized spacial score (nSPS) is 18.8. The molecule has 130 valence electrons. The molecule has 0 saturated heterocycles. The van der Waals surface area contributed by atoms with E-state index < -0.39 is 10.7 Å². The topological polar surface area (TPSA) is 76.7 Å². The fraction of sp³-hybridized carbons (Fsp3) is 0.222. The number of benzene rings is 2. The number of hydrogen-bond donors (Lipinski definition) is 2. The summed E-state index contributed by atoms with van der Waals surface area (Å²) in [5.74, 6) is 0.320. The largest absolute Gasteiger partial charge is 0.497 e. The first-order chi connectivity index (χ1) is 12.0. The number of fused-ring (bicyclic) bond motifs is 1. The highest BCUT2D eigenvalue weighted by atomic mass is 32.2. The van der Waals surface area contributed by atoms with Crippen LogP contribution in [0.15, 0.2) is 47.4 Å². The lowest BCUT2D eigenvalue weighted by molar-refractivity contribution is -0.126. The van der Waals surface area contributed by atoms with Gasteiger partial charge in [-0.3, -0.25) is 9.59 Å². The number of carbonyl (C=O) groups is 2. The van der Waals surface area contributed by atoms with Gasteiger partial charge in [0.1, 0.15) is 11.5 Å². The average molecular weight is 358 g/mol. The molecule has 2 aromatic rings. The van der Waals surface area contributed by atoms with Gasteiger partial charge in [0.2, 0.25) is 11.8 Å². The second-order valence-electron chi connectivity index (χ2n) is 5.64. The molecule has 7 heteroatoms. The average Bonchev–Trinajstić information content (AvgIpc) is 2.62. The Morgan fingerprint density at radius 3 is 2.40 bits per heavy atom. The van der Waals surface area contributed by atoms with Gasteiger partial charge in [0, 0.05) is 28.8 Å². The molecular weight excluding hydrogens is 340 g/mol. The maximum absolute atomic E-state index is 12.8. The summed E-state index contributed by atoms with van der Waals surface area (Å²) in [4.78, 5) is 26.2. The maximum Gasteiger partial charge on any atom is 0.250 e. The quantitative estimate of drug-likeness (QED) is 0.821. The summed E-state index contributed by atoms with van der Waals surface area (Å²) in [6.07, 6.45) is 0. The Morgan fingerprint density at radius 1 is 1.12 bits per heavy atom. The zero-order chi connectivity index (χ0) is 18.0. The van der Waals surface area contributed by atoms with Crippen molar-refractivity contribution in [2.45, 2.75) is 16.6 Å². The van der Waals surface area contributed by atoms with Crippen LogP contribution in [-0.4, -0.2) is 30.8 Å². The molecular formula is C18H18N2O4S. The SMILES string of the molecule is COc1cc(NC(=O)C2(C)Sc3ccccc3NC2=O)cc(OC)c1. The predicted octanol–water partition coefficient (Wildman–Crippen LogP) is 3.15. The molecule has 2 aromatic carbocycles. The molecule has 1 aliphatic heterocycles. The summed E-state index contributed by atoms with van der Waals surface area (Å²) in [5, 5.41) is 5.57. The molecule has 0 spiro atoms. The summed E-state index contributed by atoms with van der Waals surface area (Å²) < 4.78 is 9.12. The minimum absolute atomic E-state index is 0.358. The van der Waals surface area contributed by atoms with E-state index in [2.05, 4.69) is 10.6 Å². The van der Waals surface area contributed by atoms with Gasteiger partial charge in [-0.05, 0) is 19.1 Å². The number of rotatable bonds is 4. The zero-order valence-corrected chi connectivity index (χ0v) is 14.9. The molecule has 0 aliphatic carbocycles. The molecule has 0 aromatic heterocycles. The minimum Gasteiger partial charge on any atom is -0.497 e. The summed E-state index contributed by atoms with van der Waals surface area (Å²) in [7, 11) is 3.06. The highest BCUT2D eigenvalue weighted by molar-refractivity contribution is 8.02. The van der Waals surface area contributed by atoms with Gasteiger partial charge >= 0.3 is 0 Å². The van der Waals surface area contributed by atoms with Gasteiger partial charge in [0.25, 0.3) is 0 Å². The first-order valence-electron chi connectivity index (χ1n) is 7.60. The molecule has 1 aliphatic rings. The van der Waals surface area contributed by atoms with Crippen molar-refractivity contribution in [3.63, 3.8) is 0 Å². The molecule has 1 unspecified atom stereocenters. The van der Waals surface area contributed by atoms with Crippen LogP contribution in [-0.2, 0) is 9.59 Å². The smallest absolute Gasteiger partial charge is 0.250 e. The Morgan fingerprint density at radius 2 is 1.76 bits per heavy atom. The minimum atomic E-state index is -1.29. The summed E-state index contributed by atoms with van der Waals surface area (Å²) in [5.41, 5.74) is 1.21. The molecule has 2 amide bonds. The number of nitrogens with one attached hydrogen (secondary N) is 2. The molecule has 25 heavy (non-hydrogen) atoms. The van der Waals surface area contributed by atoms with Crippen molar-refractivity contribution in [2.75, 3.05) is 24.9 Å². The van der Waals surface area contributed by atoms with Crippen LogP contribution < -0.4 is 20.1 Å². The lowest BCUT2D eigenvalue weighted by Crippen LogP contribution is -2.49. The van der Waals surface area contributed by atoms with Crippen molar-refractivity contribution in [2.24, 2.45) is 0 Å². The Bertz CT molecular complexity index is 817. The van der Waals surface area contributed by atoms with E-state index in [4.69, 9.17) is 9.47 Å². The van der Waals surface area contributed by atoms with Gasteiger partial charge in [-0.2, -0.15) is 0 Å². The Hall–Kier alpha value is -2.67. The fourth-order valence-corrected chi connectivity index (χ4v) is 3.55. The van der Waals surface area contributed by atoms with Crippen molar-refractivity contribution in [1.29, 1.82) is 0 Å². The van der Waals surface area contributed by atoms with Crippen LogP contribution in [0, 0.1) is 0 Å². The first kappa shape index (κ1) is 17.2. The van der Waals surface area contributed by atoms with Gasteiger partial charge in [0.05, 0.1) is 19.9 Å². The first-order valence-corrected chi connectivity index (χ1v) is 8.42. The number of para-hydroxylation sites is 1. The van der Waals surface area contributed by atoms with E-state index >= 15 is 0 Å². The molecule has 0 radical (unpaired) electrons. The Balaban J connectivity index is 1.87. The standard InChI is InChI=1S/C18H18N2O4S/c1-18(17(22)20-14-6-4-5-7-15(14)25-18)16(21)19-11-8-12(23-2)10-13(9-11)24-3/h4-10H,1-3H3,(H,19,21)(H,20,22). The van der Waals surface area contributed by atoms with E-state index in [-0.39, 0.29) is 5.91 Å². The number of ether oxygens (including phenoxy) is 2. The van der Waals surface area contributed by atoms with Gasteiger partial charge in [-0.15, -0.1) is 0 Å². The van der Waals surface area contributed by atoms with E-state index in [1.165, 1.54) is 26.0 Å². The second-order valence-corrected chi connectivity index (χ2v) is 7.10. The van der Waals surface area contributed by atoms with Crippen LogP contribution in [0.4, 0.5) is 11.4 Å². The highest BCUT2D eigenvalue weighted by Crippen LogP contribution is 2.43. The number of anilines is 2. The zero-order valence-electron chi connectivity index (χ0n) is 14.1. The molecule has 6 nitrogen and oxygen atoms in total. The number of thioether (sulfide) groups is 1. The molecule has 0 fully saturated rings. The number of methoxy groups -OCH3 is 2. The monoisotopic (exact) mass is 358 g/mol. The third kappa shape index (κ3) is 3.28. The van der Waals surface area contributed by atoms with Crippen molar-refractivity contribution in [1.82, 2.24) is 0 Å². The predicted molar refractivity (Wildman–Crippen MR) is 97.5 cm³/mol. The van der Waals surface area contributed by atoms with E-state index in [1.807, 2.05) is 24.3 Å². The van der Waals surface area contributed by atoms with Crippen molar-refractivity contribution in [3.05, 3.63) is 42.5 Å². The van der Waals surface area contributed by atoms with E-state index in [0.29, 0.717) is 22.9 Å². The third-order valence-electron chi connectivity index (χ3n) is 3.93. The van der Waals surface area contributed by atoms with Crippen molar-refractivity contribution >= 4 is 35.0 Å². The van der Waals surface area contributed by atoms with Gasteiger partial charge < -0.3 is 20.1 Å². The molecule has 1 atom stereocenters. The lowest BCUT2D eigenvalue weighted by Gasteiger charge is -2.31. The molecule has 1 heterocycles. The molecule has 3 rings (SSSR count). The third-order valence-corrected chi connectivity index (χ3v) is 5.28. The molecule has 0 saturated carbocycles. The van der Waals surface area contributed by atoms with E-state index in [1.54, 1.807) is 25.1 Å². The van der Waals surface area contributed by atoms with E-state index in [9.17, 15) is 9.59 Å². The van der Waals surface area contributed by atoms with E-state index in [0.717, 1.165) is 4.90 Å². The Labute approximate surface area is 149 Å². The van der Waals surface area contributed by atoms with Crippen molar-refractivity contribution in [3.8, 4) is 11.5 Å². The fourth-order valence-electron chi connectivity index (χ4n) is 2.45. The summed E-state index contributed by atoms with van der Waals surface area (Å²) in [6, 6.07) is 12.4. The molecule has 0 bridgehead atoms. The summed E-state index contributed by atoms with van der Waals surface area (Å²) in [6.45, 7) is 1.61. The number of carbonyl (C=O) groups excluding carboxylic acids is 2. The van der Waals surface area contributed by atoms with Crippen LogP contribution in [0.3, 0.4) is 0 Å². The molecule has 2 N–H and O–H groups in total. The second kappa shape index (κ2) is 6.68. The van der Waals surface area contributed by atoms with Crippen LogP contribution >= 0.6 is 11.8 Å². The maximum atomic E-state index is 12.8. The highest BCUT2D eigenvalue weighted by Gasteiger charge is 2.45. The van der Waals surface area contributed by atoms with Gasteiger partial charge in [-0.1, -0.05) is 23.9 Å². The van der Waals surface area contributed by atoms with Crippen LogP contribution in [0.2, 0.25) is 0 Å². The lowest BCUT2D eigenvalue weighted by atomic mass is 10.1.